The predicted octanol–water partition coefficient (Wildman–Crippen LogP) is 4.53. The van der Waals surface area contributed by atoms with Crippen LogP contribution >= 0.6 is 0 Å². The lowest BCUT2D eigenvalue weighted by atomic mass is 10.1. The Hall–Kier alpha value is -2.85. The zero-order valence-corrected chi connectivity index (χ0v) is 22.4. The molecule has 1 amide bonds. The Morgan fingerprint density at radius 2 is 1.97 bits per heavy atom. The molecule has 2 N–H and O–H groups in total. The number of hydrogen-bond acceptors (Lipinski definition) is 6. The lowest BCUT2D eigenvalue weighted by Crippen LogP contribution is -2.44. The van der Waals surface area contributed by atoms with E-state index in [-0.39, 0.29) is 36.8 Å². The highest BCUT2D eigenvalue weighted by Crippen LogP contribution is 2.34. The van der Waals surface area contributed by atoms with Gasteiger partial charge < -0.3 is 20.3 Å². The molecule has 2 heterocycles. The maximum absolute atomic E-state index is 13.6. The summed E-state index contributed by atoms with van der Waals surface area (Å²) < 4.78 is 46.8. The third-order valence-electron chi connectivity index (χ3n) is 6.75. The largest absolute Gasteiger partial charge is 0.492 e. The van der Waals surface area contributed by atoms with Gasteiger partial charge in [-0.05, 0) is 63.8 Å². The molecule has 0 spiro atoms. The molecule has 0 saturated heterocycles. The van der Waals surface area contributed by atoms with Gasteiger partial charge in [-0.25, -0.2) is 0 Å². The van der Waals surface area contributed by atoms with Crippen molar-refractivity contribution in [3.63, 3.8) is 0 Å². The van der Waals surface area contributed by atoms with Crippen molar-refractivity contribution in [1.29, 1.82) is 0 Å². The number of ether oxygens (including phenoxy) is 1. The van der Waals surface area contributed by atoms with Crippen molar-refractivity contribution in [2.45, 2.75) is 58.4 Å². The first-order valence-electron chi connectivity index (χ1n) is 13.2. The highest BCUT2D eigenvalue weighted by atomic mass is 19.4. The van der Waals surface area contributed by atoms with Crippen LogP contribution in [0.3, 0.4) is 0 Å². The van der Waals surface area contributed by atoms with Crippen LogP contribution in [0.15, 0.2) is 36.5 Å². The summed E-state index contributed by atoms with van der Waals surface area (Å²) in [5.74, 6) is 1.25. The molecule has 10 heteroatoms. The molecule has 1 aliphatic heterocycles. The molecule has 2 aromatic rings. The first-order chi connectivity index (χ1) is 18.0. The maximum Gasteiger partial charge on any atom is 0.418 e. The number of amides is 1. The Labute approximate surface area is 222 Å². The van der Waals surface area contributed by atoms with Crippen LogP contribution in [-0.4, -0.2) is 65.6 Å². The molecule has 1 saturated carbocycles. The van der Waals surface area contributed by atoms with Gasteiger partial charge in [0.1, 0.15) is 12.4 Å². The van der Waals surface area contributed by atoms with Gasteiger partial charge in [-0.15, -0.1) is 0 Å². The van der Waals surface area contributed by atoms with Crippen LogP contribution in [0.5, 0.6) is 5.75 Å². The summed E-state index contributed by atoms with van der Waals surface area (Å²) in [6.45, 7) is 9.62. The number of halogens is 3. The summed E-state index contributed by atoms with van der Waals surface area (Å²) >= 11 is 0. The number of carbonyl (C=O) groups excluding carboxylic acids is 1. The topological polar surface area (TPSA) is 69.7 Å². The van der Waals surface area contributed by atoms with E-state index in [2.05, 4.69) is 20.5 Å². The Balaban J connectivity index is 1.48. The van der Waals surface area contributed by atoms with Gasteiger partial charge in [-0.2, -0.15) is 13.2 Å². The number of hydrogen-bond donors (Lipinski definition) is 2. The number of rotatable bonds is 10. The van der Waals surface area contributed by atoms with E-state index in [1.54, 1.807) is 0 Å². The van der Waals surface area contributed by atoms with E-state index in [0.29, 0.717) is 13.2 Å². The first kappa shape index (κ1) is 28.2. The second kappa shape index (κ2) is 11.9. The van der Waals surface area contributed by atoms with Crippen LogP contribution < -0.4 is 15.4 Å². The summed E-state index contributed by atoms with van der Waals surface area (Å²) in [6.07, 6.45) is -0.685. The van der Waals surface area contributed by atoms with Crippen LogP contribution in [0.25, 0.3) is 0 Å². The summed E-state index contributed by atoms with van der Waals surface area (Å²) in [7, 11) is 0. The molecule has 4 rings (SSSR count). The molecule has 0 bridgehead atoms. The van der Waals surface area contributed by atoms with Gasteiger partial charge in [-0.1, -0.05) is 6.07 Å². The molecule has 0 atom stereocenters. The molecule has 7 nitrogen and oxygen atoms in total. The average Bonchev–Trinajstić information content (AvgIpc) is 3.68. The summed E-state index contributed by atoms with van der Waals surface area (Å²) in [6, 6.07) is 8.01. The number of fused-ring (bicyclic) bond motifs is 1. The van der Waals surface area contributed by atoms with Crippen molar-refractivity contribution in [1.82, 2.24) is 20.1 Å². The molecule has 1 aromatic carbocycles. The number of alkyl halides is 3. The SMILES string of the molecule is CC(C)(C)NCCN(Cc1ncccc1C(F)(F)F)C(=O)CNc1cccc2c1CN(CC1CC1)CCO2. The van der Waals surface area contributed by atoms with E-state index < -0.39 is 11.7 Å². The zero-order chi connectivity index (χ0) is 27.3. The second-order valence-electron chi connectivity index (χ2n) is 11.2. The Morgan fingerprint density at radius 3 is 2.68 bits per heavy atom. The van der Waals surface area contributed by atoms with Crippen LogP contribution in [-0.2, 0) is 24.1 Å². The predicted molar refractivity (Wildman–Crippen MR) is 141 cm³/mol. The minimum atomic E-state index is -4.55. The van der Waals surface area contributed by atoms with Gasteiger partial charge >= 0.3 is 6.18 Å². The van der Waals surface area contributed by atoms with E-state index in [9.17, 15) is 18.0 Å². The lowest BCUT2D eigenvalue weighted by Gasteiger charge is -2.27. The van der Waals surface area contributed by atoms with E-state index >= 15 is 0 Å². The van der Waals surface area contributed by atoms with Crippen molar-refractivity contribution < 1.29 is 22.7 Å². The Bertz CT molecular complexity index is 1100. The second-order valence-corrected chi connectivity index (χ2v) is 11.2. The fourth-order valence-electron chi connectivity index (χ4n) is 4.58. The zero-order valence-electron chi connectivity index (χ0n) is 22.4. The summed E-state index contributed by atoms with van der Waals surface area (Å²) in [5.41, 5.74) is 0.629. The van der Waals surface area contributed by atoms with Gasteiger partial charge in [0.25, 0.3) is 0 Å². The third-order valence-corrected chi connectivity index (χ3v) is 6.75. The Morgan fingerprint density at radius 1 is 1.18 bits per heavy atom. The van der Waals surface area contributed by atoms with Crippen molar-refractivity contribution in [3.05, 3.63) is 53.3 Å². The summed E-state index contributed by atoms with van der Waals surface area (Å²) in [4.78, 5) is 21.2. The number of pyridine rings is 1. The van der Waals surface area contributed by atoms with Gasteiger partial charge in [0.2, 0.25) is 5.91 Å². The Kier molecular flexibility index (Phi) is 8.82. The molecule has 2 aliphatic rings. The molecule has 1 aromatic heterocycles. The fraction of sp³-hybridized carbons (Fsp3) is 0.571. The molecule has 1 aliphatic carbocycles. The maximum atomic E-state index is 13.6. The summed E-state index contributed by atoms with van der Waals surface area (Å²) in [5, 5.41) is 6.55. The van der Waals surface area contributed by atoms with E-state index in [4.69, 9.17) is 4.74 Å². The van der Waals surface area contributed by atoms with Crippen LogP contribution in [0.2, 0.25) is 0 Å². The number of anilines is 1. The van der Waals surface area contributed by atoms with Crippen LogP contribution in [0, 0.1) is 5.92 Å². The number of aromatic nitrogens is 1. The van der Waals surface area contributed by atoms with Crippen molar-refractivity contribution >= 4 is 11.6 Å². The van der Waals surface area contributed by atoms with E-state index in [0.717, 1.165) is 48.6 Å². The highest BCUT2D eigenvalue weighted by Gasteiger charge is 2.34. The minimum absolute atomic E-state index is 0.0528. The quantitative estimate of drug-likeness (QED) is 0.468. The van der Waals surface area contributed by atoms with Crippen LogP contribution in [0.4, 0.5) is 18.9 Å². The molecule has 0 radical (unpaired) electrons. The number of nitrogens with one attached hydrogen (secondary N) is 2. The van der Waals surface area contributed by atoms with Crippen molar-refractivity contribution in [3.8, 4) is 5.75 Å². The number of carbonyl (C=O) groups is 1. The van der Waals surface area contributed by atoms with Crippen molar-refractivity contribution in [2.75, 3.05) is 44.6 Å². The molecule has 1 fully saturated rings. The molecular formula is C28H38F3N5O2. The third kappa shape index (κ3) is 8.07. The molecule has 208 valence electrons. The molecule has 38 heavy (non-hydrogen) atoms. The standard InChI is InChI=1S/C28H38F3N5O2/c1-27(2,3)34-12-13-36(19-24-22(28(29,30)31)6-5-11-32-24)26(37)16-33-23-7-4-8-25-21(23)18-35(14-15-38-25)17-20-9-10-20/h4-8,11,20,33-34H,9-10,12-19H2,1-3H3. The molecule has 0 unspecified atom stereocenters. The van der Waals surface area contributed by atoms with Gasteiger partial charge in [0, 0.05) is 55.7 Å². The lowest BCUT2D eigenvalue weighted by molar-refractivity contribution is -0.140. The number of nitrogens with zero attached hydrogens (tertiary/aromatic N) is 3. The first-order valence-corrected chi connectivity index (χ1v) is 13.2. The molecular weight excluding hydrogens is 495 g/mol. The monoisotopic (exact) mass is 533 g/mol. The highest BCUT2D eigenvalue weighted by molar-refractivity contribution is 5.81. The van der Waals surface area contributed by atoms with Gasteiger partial charge in [0.15, 0.2) is 0 Å². The smallest absolute Gasteiger partial charge is 0.418 e. The van der Waals surface area contributed by atoms with E-state index in [1.165, 1.54) is 30.0 Å². The number of benzene rings is 1. The average molecular weight is 534 g/mol. The minimum Gasteiger partial charge on any atom is -0.492 e. The van der Waals surface area contributed by atoms with Crippen molar-refractivity contribution in [2.24, 2.45) is 5.92 Å². The van der Waals surface area contributed by atoms with E-state index in [1.807, 2.05) is 39.0 Å². The normalized spacial score (nSPS) is 16.4. The fourth-order valence-corrected chi connectivity index (χ4v) is 4.58. The van der Waals surface area contributed by atoms with Gasteiger partial charge in [0.05, 0.1) is 24.3 Å². The van der Waals surface area contributed by atoms with Crippen LogP contribution in [0.1, 0.15) is 50.4 Å². The van der Waals surface area contributed by atoms with Gasteiger partial charge in [-0.3, -0.25) is 14.7 Å².